The number of cyclic esters (lactones) is 1. The monoisotopic (exact) mass is 988 g/mol. The zero-order valence-corrected chi connectivity index (χ0v) is 46.3. The minimum atomic E-state index is -2.06. The van der Waals surface area contributed by atoms with Crippen molar-refractivity contribution in [3.8, 4) is 0 Å². The maximum absolute atomic E-state index is 14.7. The molecule has 3 heterocycles. The number of carbonyl (C=O) groups is 1. The molecule has 389 valence electrons. The van der Waals surface area contributed by atoms with Gasteiger partial charge in [-0.1, -0.05) is 39.3 Å². The lowest BCUT2D eigenvalue weighted by Gasteiger charge is -2.51. The molecule has 18 atom stereocenters. The van der Waals surface area contributed by atoms with E-state index in [1.54, 1.807) is 34.8 Å². The molecule has 18 heteroatoms. The molecule has 1 aliphatic carbocycles. The van der Waals surface area contributed by atoms with E-state index in [0.717, 1.165) is 19.3 Å². The van der Waals surface area contributed by atoms with Crippen LogP contribution in [0.3, 0.4) is 0 Å². The standard InChI is InChI=1S/C49H91N2O14Si2/c1-19-36-48(12,55)41(52)31(6)38(50-65-49(62-28(2)3)23-21-20-22-24-49)29(4)26-46(10,54)42(61-45-40(63-66)35(51(13)14)25-30(5)57-45)32(7)39(33(8)44(53)59-36)60-37-27-47(11,56-15)43(34(9)58-37)64-67(16,17)18/h28-37,39-43,45,52,54-55H,19-27H2,1-18H3/b50-38+/t29-,30-,31?,32+,33-,34+,35+,36-,37?,39+,40-,41-,42-,43+,45?,46+,47-,48-/m1/s1. The number of hydrogen-bond donors (Lipinski definition) is 3. The second-order valence-corrected chi connectivity index (χ2v) is 27.3. The highest BCUT2D eigenvalue weighted by atomic mass is 28.4. The number of methoxy groups -OCH3 is 1. The molecular formula is C49H91N2O14Si2. The first kappa shape index (κ1) is 58.5. The van der Waals surface area contributed by atoms with E-state index in [1.807, 2.05) is 62.6 Å². The minimum absolute atomic E-state index is 0.0391. The van der Waals surface area contributed by atoms with Crippen molar-refractivity contribution < 1.29 is 67.0 Å². The Balaban J connectivity index is 1.92. The van der Waals surface area contributed by atoms with Gasteiger partial charge in [0.05, 0.1) is 65.6 Å². The van der Waals surface area contributed by atoms with E-state index in [9.17, 15) is 20.1 Å². The molecule has 4 fully saturated rings. The minimum Gasteiger partial charge on any atom is -0.459 e. The Hall–Kier alpha value is -1.11. The normalized spacial score (nSPS) is 43.8. The highest BCUT2D eigenvalue weighted by molar-refractivity contribution is 6.69. The summed E-state index contributed by atoms with van der Waals surface area (Å²) in [6.45, 7) is 28.4. The fourth-order valence-corrected chi connectivity index (χ4v) is 12.7. The molecular weight excluding hydrogens is 897 g/mol. The van der Waals surface area contributed by atoms with Crippen LogP contribution in [0.25, 0.3) is 0 Å². The summed E-state index contributed by atoms with van der Waals surface area (Å²) in [5.41, 5.74) is -4.09. The van der Waals surface area contributed by atoms with Crippen LogP contribution in [0.2, 0.25) is 19.6 Å². The summed E-state index contributed by atoms with van der Waals surface area (Å²) in [5, 5.41) is 42.6. The smallest absolute Gasteiger partial charge is 0.311 e. The molecule has 16 nitrogen and oxygen atoms in total. The van der Waals surface area contributed by atoms with Crippen molar-refractivity contribution in [1.29, 1.82) is 0 Å². The zero-order chi connectivity index (χ0) is 50.6. The Kier molecular flexibility index (Phi) is 20.6. The second kappa shape index (κ2) is 23.6. The lowest BCUT2D eigenvalue weighted by molar-refractivity contribution is -0.314. The molecule has 3 unspecified atom stereocenters. The van der Waals surface area contributed by atoms with Crippen LogP contribution in [0, 0.1) is 23.7 Å². The Morgan fingerprint density at radius 3 is 2.07 bits per heavy atom. The number of hydrogen-bond acceptors (Lipinski definition) is 16. The van der Waals surface area contributed by atoms with E-state index in [-0.39, 0.29) is 37.5 Å². The van der Waals surface area contributed by atoms with Crippen LogP contribution in [0.1, 0.15) is 141 Å². The summed E-state index contributed by atoms with van der Waals surface area (Å²) >= 11 is 0. The Labute approximate surface area is 407 Å². The van der Waals surface area contributed by atoms with Crippen molar-refractivity contribution in [2.75, 3.05) is 21.2 Å². The van der Waals surface area contributed by atoms with E-state index >= 15 is 0 Å². The van der Waals surface area contributed by atoms with Gasteiger partial charge in [0, 0.05) is 50.2 Å². The number of likely N-dealkylation sites (N-methyl/N-ethyl adjacent to an activating group) is 1. The van der Waals surface area contributed by atoms with Crippen LogP contribution < -0.4 is 0 Å². The van der Waals surface area contributed by atoms with Gasteiger partial charge in [0.1, 0.15) is 17.8 Å². The number of esters is 1. The van der Waals surface area contributed by atoms with Crippen molar-refractivity contribution in [1.82, 2.24) is 4.90 Å². The molecule has 0 aromatic heterocycles. The Morgan fingerprint density at radius 1 is 0.910 bits per heavy atom. The molecule has 3 radical (unpaired) electrons. The van der Waals surface area contributed by atoms with Crippen LogP contribution >= 0.6 is 0 Å². The first-order valence-electron chi connectivity index (χ1n) is 25.1. The van der Waals surface area contributed by atoms with E-state index in [2.05, 4.69) is 35.0 Å². The number of carbonyl (C=O) groups excluding carboxylic acids is 1. The topological polar surface area (TPSA) is 186 Å². The van der Waals surface area contributed by atoms with E-state index < -0.39 is 116 Å². The summed E-state index contributed by atoms with van der Waals surface area (Å²) in [6, 6.07) is -0.128. The third-order valence-electron chi connectivity index (χ3n) is 14.8. The summed E-state index contributed by atoms with van der Waals surface area (Å²) in [4.78, 5) is 23.3. The molecule has 4 rings (SSSR count). The lowest BCUT2D eigenvalue weighted by atomic mass is 9.73. The predicted octanol–water partition coefficient (Wildman–Crippen LogP) is 6.64. The van der Waals surface area contributed by atoms with E-state index in [4.69, 9.17) is 52.0 Å². The molecule has 3 saturated heterocycles. The molecule has 0 amide bonds. The highest BCUT2D eigenvalue weighted by Crippen LogP contribution is 2.43. The highest BCUT2D eigenvalue weighted by Gasteiger charge is 2.54. The number of ether oxygens (including phenoxy) is 7. The second-order valence-electron chi connectivity index (χ2n) is 22.6. The third kappa shape index (κ3) is 14.3. The van der Waals surface area contributed by atoms with Crippen LogP contribution in [-0.4, -0.2) is 168 Å². The number of aliphatic hydroxyl groups excluding tert-OH is 1. The van der Waals surface area contributed by atoms with Gasteiger partial charge < -0.3 is 67.1 Å². The largest absolute Gasteiger partial charge is 0.459 e. The SMILES string of the molecule is CC[C@H]1OC(=O)[C@H](C)[C@@H](OC2C[C@@](C)(OC)[C@@H](O[Si](C)(C)C)[C@H](C)O2)[C@H](C)[C@@H](OC2O[C@H](C)C[C@H](N(C)C)[C@H]2O[Si])[C@@](C)(O)C[C@@H](C)/C(=N\OC2(OC(C)C)CCCCC2)C(C)[C@@H](O)[C@]1(C)O. The number of aliphatic hydroxyl groups is 3. The van der Waals surface area contributed by atoms with Gasteiger partial charge in [0.25, 0.3) is 0 Å². The van der Waals surface area contributed by atoms with Crippen molar-refractivity contribution >= 4 is 30.5 Å². The molecule has 1 saturated carbocycles. The predicted molar refractivity (Wildman–Crippen MR) is 259 cm³/mol. The number of rotatable bonds is 14. The summed E-state index contributed by atoms with van der Waals surface area (Å²) < 4.78 is 58.8. The molecule has 0 aromatic carbocycles. The van der Waals surface area contributed by atoms with Crippen molar-refractivity contribution in [2.24, 2.45) is 28.8 Å². The molecule has 67 heavy (non-hydrogen) atoms. The van der Waals surface area contributed by atoms with Gasteiger partial charge in [-0.2, -0.15) is 0 Å². The maximum atomic E-state index is 14.7. The van der Waals surface area contributed by atoms with Crippen molar-refractivity contribution in [3.05, 3.63) is 0 Å². The van der Waals surface area contributed by atoms with Crippen molar-refractivity contribution in [2.45, 2.75) is 257 Å². The summed E-state index contributed by atoms with van der Waals surface area (Å²) in [7, 11) is 6.87. The Morgan fingerprint density at radius 2 is 1.54 bits per heavy atom. The molecule has 0 bridgehead atoms. The average Bonchev–Trinajstić information content (AvgIpc) is 3.23. The fraction of sp³-hybridized carbons (Fsp3) is 0.959. The van der Waals surface area contributed by atoms with Crippen molar-refractivity contribution in [3.63, 3.8) is 0 Å². The lowest BCUT2D eigenvalue weighted by Crippen LogP contribution is -2.62. The average molecular weight is 988 g/mol. The molecule has 0 spiro atoms. The first-order chi connectivity index (χ1) is 31.0. The molecule has 0 aromatic rings. The third-order valence-corrected chi connectivity index (χ3v) is 16.0. The zero-order valence-electron chi connectivity index (χ0n) is 44.3. The van der Waals surface area contributed by atoms with Gasteiger partial charge in [0.2, 0.25) is 16.3 Å². The fourth-order valence-electron chi connectivity index (χ4n) is 11.2. The van der Waals surface area contributed by atoms with E-state index in [1.165, 1.54) is 6.92 Å². The first-order valence-corrected chi connectivity index (χ1v) is 28.9. The van der Waals surface area contributed by atoms with E-state index in [0.29, 0.717) is 25.0 Å². The van der Waals surface area contributed by atoms with Gasteiger partial charge in [-0.3, -0.25) is 4.79 Å². The Bertz CT molecular complexity index is 1590. The van der Waals surface area contributed by atoms with Crippen LogP contribution in [-0.2, 0) is 51.6 Å². The van der Waals surface area contributed by atoms with Crippen LogP contribution in [0.5, 0.6) is 0 Å². The summed E-state index contributed by atoms with van der Waals surface area (Å²) in [5.74, 6) is -4.86. The molecule has 4 aliphatic rings. The molecule has 3 N–H and O–H groups in total. The van der Waals surface area contributed by atoms with Crippen LogP contribution in [0.4, 0.5) is 0 Å². The van der Waals surface area contributed by atoms with Gasteiger partial charge in [0.15, 0.2) is 20.9 Å². The number of oxime groups is 1. The van der Waals surface area contributed by atoms with Gasteiger partial charge in [-0.05, 0) is 121 Å². The van der Waals surface area contributed by atoms with Gasteiger partial charge >= 0.3 is 5.97 Å². The van der Waals surface area contributed by atoms with Gasteiger partial charge in [-0.15, -0.1) is 0 Å². The molecule has 3 aliphatic heterocycles. The van der Waals surface area contributed by atoms with Gasteiger partial charge in [-0.25, -0.2) is 0 Å². The quantitative estimate of drug-likeness (QED) is 0.0728. The number of nitrogens with zero attached hydrogens (tertiary/aromatic N) is 2. The summed E-state index contributed by atoms with van der Waals surface area (Å²) in [6.07, 6.45) is -3.23. The maximum Gasteiger partial charge on any atom is 0.311 e. The van der Waals surface area contributed by atoms with Crippen LogP contribution in [0.15, 0.2) is 5.16 Å².